The Bertz CT molecular complexity index is 231. The average Bonchev–Trinajstić information content (AvgIpc) is 2.70. The molecule has 4 heteroatoms. The van der Waals surface area contributed by atoms with Crippen molar-refractivity contribution in [1.29, 1.82) is 0 Å². The number of carbonyl (C=O) groups excluding carboxylic acids is 1. The van der Waals surface area contributed by atoms with Crippen molar-refractivity contribution >= 4 is 17.6 Å². The third-order valence-electron chi connectivity index (χ3n) is 2.71. The normalized spacial score (nSPS) is 35.4. The van der Waals surface area contributed by atoms with Crippen LogP contribution in [0.3, 0.4) is 0 Å². The smallest absolute Gasteiger partial charge is 0.357 e. The monoisotopic (exact) mass is 220 g/mol. The number of rotatable bonds is 5. The van der Waals surface area contributed by atoms with E-state index in [1.165, 1.54) is 7.11 Å². The van der Waals surface area contributed by atoms with Crippen LogP contribution in [0.15, 0.2) is 0 Å². The van der Waals surface area contributed by atoms with Gasteiger partial charge in [-0.2, -0.15) is 0 Å². The molecule has 0 aromatic heterocycles. The van der Waals surface area contributed by atoms with E-state index in [2.05, 4.69) is 11.7 Å². The lowest BCUT2D eigenvalue weighted by molar-refractivity contribution is -0.143. The molecule has 0 bridgehead atoms. The highest BCUT2D eigenvalue weighted by Gasteiger charge is 2.72. The summed E-state index contributed by atoms with van der Waals surface area (Å²) in [7, 11) is 1.32. The first-order valence-electron chi connectivity index (χ1n) is 4.97. The minimum Gasteiger partial charge on any atom is -0.466 e. The van der Waals surface area contributed by atoms with Crippen LogP contribution in [0.1, 0.15) is 39.5 Å². The minimum atomic E-state index is -1.23. The van der Waals surface area contributed by atoms with E-state index < -0.39 is 16.6 Å². The first-order valence-corrected chi connectivity index (χ1v) is 5.35. The van der Waals surface area contributed by atoms with Crippen LogP contribution in [0.2, 0.25) is 0 Å². The third kappa shape index (κ3) is 1.89. The Balaban J connectivity index is 2.44. The SMILES string of the molecule is CCCCCC1(C)OC1(Cl)C(=O)OC. The van der Waals surface area contributed by atoms with Crippen molar-refractivity contribution < 1.29 is 14.3 Å². The fraction of sp³-hybridized carbons (Fsp3) is 0.900. The molecule has 2 unspecified atom stereocenters. The van der Waals surface area contributed by atoms with Gasteiger partial charge in [-0.05, 0) is 13.3 Å². The zero-order valence-electron chi connectivity index (χ0n) is 8.93. The first-order chi connectivity index (χ1) is 6.50. The van der Waals surface area contributed by atoms with Crippen molar-refractivity contribution in [3.63, 3.8) is 0 Å². The van der Waals surface area contributed by atoms with Gasteiger partial charge < -0.3 is 9.47 Å². The maximum atomic E-state index is 11.3. The molecule has 0 N–H and O–H groups in total. The lowest BCUT2D eigenvalue weighted by atomic mass is 9.99. The summed E-state index contributed by atoms with van der Waals surface area (Å²) in [5.74, 6) is -0.488. The van der Waals surface area contributed by atoms with E-state index in [0.29, 0.717) is 0 Å². The van der Waals surface area contributed by atoms with Gasteiger partial charge in [-0.25, -0.2) is 4.79 Å². The first kappa shape index (κ1) is 11.8. The molecule has 0 aromatic carbocycles. The zero-order valence-corrected chi connectivity index (χ0v) is 9.69. The topological polar surface area (TPSA) is 38.8 Å². The Morgan fingerprint density at radius 1 is 1.50 bits per heavy atom. The number of carbonyl (C=O) groups is 1. The van der Waals surface area contributed by atoms with Gasteiger partial charge >= 0.3 is 5.97 Å². The van der Waals surface area contributed by atoms with E-state index in [9.17, 15) is 4.79 Å². The highest BCUT2D eigenvalue weighted by Crippen LogP contribution is 2.54. The highest BCUT2D eigenvalue weighted by atomic mass is 35.5. The molecule has 1 fully saturated rings. The molecular formula is C10H17ClO3. The van der Waals surface area contributed by atoms with Crippen LogP contribution in [0.4, 0.5) is 0 Å². The van der Waals surface area contributed by atoms with Crippen LogP contribution in [-0.4, -0.2) is 23.7 Å². The summed E-state index contributed by atoms with van der Waals surface area (Å²) in [6, 6.07) is 0. The van der Waals surface area contributed by atoms with E-state index in [1.54, 1.807) is 0 Å². The number of epoxide rings is 1. The standard InChI is InChI=1S/C10H17ClO3/c1-4-5-6-7-9(2)10(11,14-9)8(12)13-3/h4-7H2,1-3H3. The predicted molar refractivity (Wildman–Crippen MR) is 54.2 cm³/mol. The fourth-order valence-corrected chi connectivity index (χ4v) is 1.94. The molecule has 0 spiro atoms. The molecule has 0 aliphatic carbocycles. The summed E-state index contributed by atoms with van der Waals surface area (Å²) in [6.07, 6.45) is 4.11. The maximum absolute atomic E-state index is 11.3. The van der Waals surface area contributed by atoms with Gasteiger partial charge in [0, 0.05) is 0 Å². The second-order valence-electron chi connectivity index (χ2n) is 3.88. The Morgan fingerprint density at radius 3 is 2.64 bits per heavy atom. The van der Waals surface area contributed by atoms with E-state index in [0.717, 1.165) is 25.7 Å². The lowest BCUT2D eigenvalue weighted by Gasteiger charge is -2.08. The van der Waals surface area contributed by atoms with Crippen LogP contribution in [0.25, 0.3) is 0 Å². The van der Waals surface area contributed by atoms with E-state index >= 15 is 0 Å². The molecule has 1 heterocycles. The molecule has 2 atom stereocenters. The quantitative estimate of drug-likeness (QED) is 0.309. The van der Waals surface area contributed by atoms with Gasteiger partial charge in [0.1, 0.15) is 5.60 Å². The number of hydrogen-bond acceptors (Lipinski definition) is 3. The molecule has 0 saturated carbocycles. The summed E-state index contributed by atoms with van der Waals surface area (Å²) < 4.78 is 9.87. The number of alkyl halides is 1. The van der Waals surface area contributed by atoms with Crippen LogP contribution in [0.5, 0.6) is 0 Å². The van der Waals surface area contributed by atoms with Crippen molar-refractivity contribution in [2.45, 2.75) is 50.2 Å². The predicted octanol–water partition coefficient (Wildman–Crippen LogP) is 2.46. The molecule has 0 amide bonds. The van der Waals surface area contributed by atoms with Crippen LogP contribution >= 0.6 is 11.6 Å². The number of esters is 1. The molecular weight excluding hydrogens is 204 g/mol. The molecule has 1 aliphatic heterocycles. The van der Waals surface area contributed by atoms with Crippen molar-refractivity contribution in [2.75, 3.05) is 7.11 Å². The van der Waals surface area contributed by atoms with Gasteiger partial charge in [0.25, 0.3) is 5.06 Å². The average molecular weight is 221 g/mol. The third-order valence-corrected chi connectivity index (χ3v) is 3.34. The summed E-state index contributed by atoms with van der Waals surface area (Å²) in [5, 5.41) is -1.23. The Morgan fingerprint density at radius 2 is 2.14 bits per heavy atom. The molecule has 0 aromatic rings. The van der Waals surface area contributed by atoms with Gasteiger partial charge in [0.2, 0.25) is 0 Å². The van der Waals surface area contributed by atoms with Crippen LogP contribution in [-0.2, 0) is 14.3 Å². The molecule has 1 aliphatic rings. The van der Waals surface area contributed by atoms with Gasteiger partial charge in [0.05, 0.1) is 7.11 Å². The number of unbranched alkanes of at least 4 members (excludes halogenated alkanes) is 2. The Kier molecular flexibility index (Phi) is 3.43. The van der Waals surface area contributed by atoms with E-state index in [-0.39, 0.29) is 0 Å². The minimum absolute atomic E-state index is 0.488. The van der Waals surface area contributed by atoms with Gasteiger partial charge in [0.15, 0.2) is 0 Å². The Hall–Kier alpha value is -0.280. The van der Waals surface area contributed by atoms with E-state index in [4.69, 9.17) is 16.3 Å². The van der Waals surface area contributed by atoms with Crippen molar-refractivity contribution in [1.82, 2.24) is 0 Å². The molecule has 82 valence electrons. The maximum Gasteiger partial charge on any atom is 0.357 e. The second kappa shape index (κ2) is 4.07. The zero-order chi connectivity index (χ0) is 10.8. The summed E-state index contributed by atoms with van der Waals surface area (Å²) in [6.45, 7) is 3.98. The highest BCUT2D eigenvalue weighted by molar-refractivity contribution is 6.35. The lowest BCUT2D eigenvalue weighted by Crippen LogP contribution is -2.28. The number of hydrogen-bond donors (Lipinski definition) is 0. The van der Waals surface area contributed by atoms with Crippen molar-refractivity contribution in [3.8, 4) is 0 Å². The number of halogens is 1. The fourth-order valence-electron chi connectivity index (χ4n) is 1.60. The van der Waals surface area contributed by atoms with Gasteiger partial charge in [-0.1, -0.05) is 37.8 Å². The van der Waals surface area contributed by atoms with Crippen LogP contribution in [0, 0.1) is 0 Å². The number of ether oxygens (including phenoxy) is 2. The molecule has 14 heavy (non-hydrogen) atoms. The summed E-state index contributed by atoms with van der Waals surface area (Å²) in [4.78, 5) is 11.3. The molecule has 1 saturated heterocycles. The summed E-state index contributed by atoms with van der Waals surface area (Å²) in [5.41, 5.74) is -0.531. The molecule has 1 rings (SSSR count). The Labute approximate surface area is 89.7 Å². The van der Waals surface area contributed by atoms with E-state index in [1.807, 2.05) is 6.92 Å². The molecule has 3 nitrogen and oxygen atoms in total. The van der Waals surface area contributed by atoms with Crippen molar-refractivity contribution in [2.24, 2.45) is 0 Å². The largest absolute Gasteiger partial charge is 0.466 e. The van der Waals surface area contributed by atoms with Gasteiger partial charge in [-0.15, -0.1) is 0 Å². The van der Waals surface area contributed by atoms with Crippen LogP contribution < -0.4 is 0 Å². The van der Waals surface area contributed by atoms with Gasteiger partial charge in [-0.3, -0.25) is 0 Å². The summed E-state index contributed by atoms with van der Waals surface area (Å²) >= 11 is 5.98. The second-order valence-corrected chi connectivity index (χ2v) is 4.41. The van der Waals surface area contributed by atoms with Crippen molar-refractivity contribution in [3.05, 3.63) is 0 Å². The molecule has 0 radical (unpaired) electrons. The number of methoxy groups -OCH3 is 1.